The van der Waals surface area contributed by atoms with Gasteiger partial charge in [-0.15, -0.1) is 0 Å². The molecule has 1 saturated heterocycles. The first-order valence-electron chi connectivity index (χ1n) is 9.64. The molecule has 0 saturated carbocycles. The van der Waals surface area contributed by atoms with Crippen LogP contribution in [0.15, 0.2) is 60.9 Å². The summed E-state index contributed by atoms with van der Waals surface area (Å²) in [5, 5.41) is 0. The van der Waals surface area contributed by atoms with Crippen LogP contribution < -0.4 is 5.73 Å². The molecule has 1 aromatic carbocycles. The first kappa shape index (κ1) is 17.7. The second kappa shape index (κ2) is 7.89. The average Bonchev–Trinajstić information content (AvgIpc) is 2.71. The number of aromatic nitrogens is 2. The molecule has 0 bridgehead atoms. The van der Waals surface area contributed by atoms with Crippen molar-refractivity contribution in [2.45, 2.75) is 32.2 Å². The van der Waals surface area contributed by atoms with Crippen molar-refractivity contribution in [1.29, 1.82) is 0 Å². The Hall–Kier alpha value is -2.72. The van der Waals surface area contributed by atoms with Crippen LogP contribution in [0, 0.1) is 6.92 Å². The largest absolute Gasteiger partial charge is 0.384 e. The molecule has 0 spiro atoms. The van der Waals surface area contributed by atoms with E-state index in [0.717, 1.165) is 24.2 Å². The molecule has 1 aliphatic heterocycles. The van der Waals surface area contributed by atoms with Crippen LogP contribution in [-0.2, 0) is 6.54 Å². The van der Waals surface area contributed by atoms with Gasteiger partial charge in [0.15, 0.2) is 0 Å². The SMILES string of the molecule is Cc1ccccc1CN1CCCC(c2ccc(-c3ccc(N)nc3)cn2)C1. The van der Waals surface area contributed by atoms with Gasteiger partial charge in [-0.3, -0.25) is 9.88 Å². The number of aryl methyl sites for hydroxylation is 1. The van der Waals surface area contributed by atoms with Crippen LogP contribution in [-0.4, -0.2) is 28.0 Å². The van der Waals surface area contributed by atoms with Crippen molar-refractivity contribution in [1.82, 2.24) is 14.9 Å². The topological polar surface area (TPSA) is 55.0 Å². The fourth-order valence-electron chi connectivity index (χ4n) is 3.86. The molecule has 4 nitrogen and oxygen atoms in total. The third-order valence-electron chi connectivity index (χ3n) is 5.49. The minimum Gasteiger partial charge on any atom is -0.384 e. The Balaban J connectivity index is 1.45. The number of likely N-dealkylation sites (tertiary alicyclic amines) is 1. The van der Waals surface area contributed by atoms with E-state index in [4.69, 9.17) is 10.7 Å². The quantitative estimate of drug-likeness (QED) is 0.750. The van der Waals surface area contributed by atoms with Crippen LogP contribution in [0.2, 0.25) is 0 Å². The van der Waals surface area contributed by atoms with Crippen molar-refractivity contribution in [2.24, 2.45) is 0 Å². The molecule has 2 aromatic heterocycles. The molecule has 138 valence electrons. The number of nitrogens with two attached hydrogens (primary N) is 1. The summed E-state index contributed by atoms with van der Waals surface area (Å²) in [5.74, 6) is 1.04. The van der Waals surface area contributed by atoms with Crippen molar-refractivity contribution in [3.05, 3.63) is 77.7 Å². The standard InChI is InChI=1S/C23H26N4/c1-17-5-2-3-6-20(17)15-27-12-4-7-21(16-27)22-10-8-18(13-25-22)19-9-11-23(24)26-14-19/h2-3,5-6,8-11,13-14,21H,4,7,12,15-16H2,1H3,(H2,24,26). The summed E-state index contributed by atoms with van der Waals surface area (Å²) < 4.78 is 0. The zero-order valence-corrected chi connectivity index (χ0v) is 15.8. The second-order valence-electron chi connectivity index (χ2n) is 7.44. The second-order valence-corrected chi connectivity index (χ2v) is 7.44. The van der Waals surface area contributed by atoms with E-state index in [1.165, 1.54) is 36.2 Å². The van der Waals surface area contributed by atoms with E-state index in [1.54, 1.807) is 6.20 Å². The molecule has 3 aromatic rings. The minimum absolute atomic E-state index is 0.501. The van der Waals surface area contributed by atoms with Crippen molar-refractivity contribution >= 4 is 5.82 Å². The van der Waals surface area contributed by atoms with Crippen LogP contribution in [0.5, 0.6) is 0 Å². The number of nitrogens with zero attached hydrogens (tertiary/aromatic N) is 3. The van der Waals surface area contributed by atoms with E-state index in [0.29, 0.717) is 11.7 Å². The predicted octanol–water partition coefficient (Wildman–Crippen LogP) is 4.41. The summed E-state index contributed by atoms with van der Waals surface area (Å²) in [5.41, 5.74) is 11.8. The fraction of sp³-hybridized carbons (Fsp3) is 0.304. The van der Waals surface area contributed by atoms with Crippen LogP contribution >= 0.6 is 0 Å². The molecule has 3 heterocycles. The number of rotatable bonds is 4. The summed E-state index contributed by atoms with van der Waals surface area (Å²) in [4.78, 5) is 11.5. The van der Waals surface area contributed by atoms with Gasteiger partial charge in [0.05, 0.1) is 0 Å². The van der Waals surface area contributed by atoms with E-state index in [1.807, 2.05) is 18.3 Å². The van der Waals surface area contributed by atoms with Crippen molar-refractivity contribution in [3.63, 3.8) is 0 Å². The highest BCUT2D eigenvalue weighted by Crippen LogP contribution is 2.28. The van der Waals surface area contributed by atoms with Gasteiger partial charge in [0, 0.05) is 48.2 Å². The Morgan fingerprint density at radius 1 is 1.00 bits per heavy atom. The molecule has 0 radical (unpaired) electrons. The van der Waals surface area contributed by atoms with E-state index < -0.39 is 0 Å². The van der Waals surface area contributed by atoms with E-state index in [-0.39, 0.29) is 0 Å². The molecular formula is C23H26N4. The van der Waals surface area contributed by atoms with Gasteiger partial charge in [-0.25, -0.2) is 4.98 Å². The smallest absolute Gasteiger partial charge is 0.123 e. The molecule has 1 aliphatic rings. The monoisotopic (exact) mass is 358 g/mol. The lowest BCUT2D eigenvalue weighted by molar-refractivity contribution is 0.198. The highest BCUT2D eigenvalue weighted by atomic mass is 15.1. The Morgan fingerprint density at radius 2 is 1.78 bits per heavy atom. The highest BCUT2D eigenvalue weighted by molar-refractivity contribution is 5.62. The molecule has 0 aliphatic carbocycles. The number of hydrogen-bond acceptors (Lipinski definition) is 4. The Morgan fingerprint density at radius 3 is 2.48 bits per heavy atom. The first-order chi connectivity index (χ1) is 13.2. The first-order valence-corrected chi connectivity index (χ1v) is 9.64. The predicted molar refractivity (Wildman–Crippen MR) is 110 cm³/mol. The van der Waals surface area contributed by atoms with Crippen LogP contribution in [0.3, 0.4) is 0 Å². The van der Waals surface area contributed by atoms with Crippen molar-refractivity contribution in [2.75, 3.05) is 18.8 Å². The van der Waals surface area contributed by atoms with Gasteiger partial charge in [0.25, 0.3) is 0 Å². The van der Waals surface area contributed by atoms with Gasteiger partial charge in [0.1, 0.15) is 5.82 Å². The molecule has 4 heteroatoms. The lowest BCUT2D eigenvalue weighted by Crippen LogP contribution is -2.34. The van der Waals surface area contributed by atoms with Crippen LogP contribution in [0.1, 0.15) is 35.6 Å². The Bertz CT molecular complexity index is 887. The summed E-state index contributed by atoms with van der Waals surface area (Å²) in [7, 11) is 0. The van der Waals surface area contributed by atoms with Gasteiger partial charge in [-0.2, -0.15) is 0 Å². The number of pyridine rings is 2. The fourth-order valence-corrected chi connectivity index (χ4v) is 3.86. The third kappa shape index (κ3) is 4.17. The van der Waals surface area contributed by atoms with Crippen molar-refractivity contribution < 1.29 is 0 Å². The summed E-state index contributed by atoms with van der Waals surface area (Å²) in [6, 6.07) is 16.8. The number of nitrogen functional groups attached to an aromatic ring is 1. The summed E-state index contributed by atoms with van der Waals surface area (Å²) in [6.07, 6.45) is 6.20. The molecule has 0 amide bonds. The normalized spacial score (nSPS) is 17.7. The lowest BCUT2D eigenvalue weighted by atomic mass is 9.93. The van der Waals surface area contributed by atoms with Crippen LogP contribution in [0.4, 0.5) is 5.82 Å². The molecule has 1 atom stereocenters. The minimum atomic E-state index is 0.501. The molecule has 2 N–H and O–H groups in total. The van der Waals surface area contributed by atoms with Gasteiger partial charge in [-0.05, 0) is 55.6 Å². The number of hydrogen-bond donors (Lipinski definition) is 1. The number of piperidine rings is 1. The average molecular weight is 358 g/mol. The molecule has 1 unspecified atom stereocenters. The van der Waals surface area contributed by atoms with E-state index >= 15 is 0 Å². The number of anilines is 1. The summed E-state index contributed by atoms with van der Waals surface area (Å²) in [6.45, 7) is 5.46. The lowest BCUT2D eigenvalue weighted by Gasteiger charge is -2.32. The maximum absolute atomic E-state index is 5.67. The maximum atomic E-state index is 5.67. The zero-order chi connectivity index (χ0) is 18.6. The van der Waals surface area contributed by atoms with Gasteiger partial charge in [-0.1, -0.05) is 30.3 Å². The van der Waals surface area contributed by atoms with Crippen LogP contribution in [0.25, 0.3) is 11.1 Å². The Labute approximate surface area is 161 Å². The molecular weight excluding hydrogens is 332 g/mol. The van der Waals surface area contributed by atoms with Gasteiger partial charge >= 0.3 is 0 Å². The van der Waals surface area contributed by atoms with Gasteiger partial charge in [0.2, 0.25) is 0 Å². The maximum Gasteiger partial charge on any atom is 0.123 e. The summed E-state index contributed by atoms with van der Waals surface area (Å²) >= 11 is 0. The molecule has 1 fully saturated rings. The Kier molecular flexibility index (Phi) is 5.16. The van der Waals surface area contributed by atoms with E-state index in [9.17, 15) is 0 Å². The molecule has 27 heavy (non-hydrogen) atoms. The molecule has 4 rings (SSSR count). The zero-order valence-electron chi connectivity index (χ0n) is 15.8. The van der Waals surface area contributed by atoms with E-state index in [2.05, 4.69) is 53.2 Å². The van der Waals surface area contributed by atoms with Gasteiger partial charge < -0.3 is 5.73 Å². The number of benzene rings is 1. The van der Waals surface area contributed by atoms with Crippen molar-refractivity contribution in [3.8, 4) is 11.1 Å². The third-order valence-corrected chi connectivity index (χ3v) is 5.49. The highest BCUT2D eigenvalue weighted by Gasteiger charge is 2.22.